The van der Waals surface area contributed by atoms with Crippen molar-refractivity contribution in [3.8, 4) is 17.2 Å². The summed E-state index contributed by atoms with van der Waals surface area (Å²) in [7, 11) is 3.01. The maximum atomic E-state index is 11.1. The molecule has 2 aromatic rings. The quantitative estimate of drug-likeness (QED) is 0.721. The molecule has 0 saturated heterocycles. The minimum atomic E-state index is 0.371. The molecule has 22 heavy (non-hydrogen) atoms. The van der Waals surface area contributed by atoms with E-state index in [2.05, 4.69) is 15.9 Å². The van der Waals surface area contributed by atoms with Crippen molar-refractivity contribution in [2.24, 2.45) is 0 Å². The Morgan fingerprint density at radius 3 is 2.32 bits per heavy atom. The van der Waals surface area contributed by atoms with E-state index in [4.69, 9.17) is 14.2 Å². The standard InChI is InChI=1S/C17H17BrO4/c1-11-12(5-4-6-15(11)18)10-22-13-7-16(20-2)14(9-19)17(8-13)21-3/h4-9H,10H2,1-3H3. The van der Waals surface area contributed by atoms with Crippen LogP contribution in [0.5, 0.6) is 17.2 Å². The fourth-order valence-electron chi connectivity index (χ4n) is 2.08. The van der Waals surface area contributed by atoms with Gasteiger partial charge in [-0.2, -0.15) is 0 Å². The Kier molecular flexibility index (Phi) is 5.44. The van der Waals surface area contributed by atoms with Crippen LogP contribution in [0.2, 0.25) is 0 Å². The summed E-state index contributed by atoms with van der Waals surface area (Å²) >= 11 is 3.50. The summed E-state index contributed by atoms with van der Waals surface area (Å²) in [6.07, 6.45) is 0.708. The third-order valence-corrected chi connectivity index (χ3v) is 4.27. The molecule has 0 bridgehead atoms. The van der Waals surface area contributed by atoms with E-state index in [1.807, 2.05) is 25.1 Å². The second-order valence-electron chi connectivity index (χ2n) is 4.67. The summed E-state index contributed by atoms with van der Waals surface area (Å²) < 4.78 is 17.3. The molecular weight excluding hydrogens is 348 g/mol. The Balaban J connectivity index is 2.26. The zero-order valence-corrected chi connectivity index (χ0v) is 14.3. The third-order valence-electron chi connectivity index (χ3n) is 3.41. The summed E-state index contributed by atoms with van der Waals surface area (Å²) in [6.45, 7) is 2.44. The highest BCUT2D eigenvalue weighted by molar-refractivity contribution is 9.10. The maximum Gasteiger partial charge on any atom is 0.157 e. The normalized spacial score (nSPS) is 10.2. The predicted molar refractivity (Wildman–Crippen MR) is 88.1 cm³/mol. The molecule has 0 aliphatic rings. The van der Waals surface area contributed by atoms with Crippen LogP contribution in [0.15, 0.2) is 34.8 Å². The van der Waals surface area contributed by atoms with Gasteiger partial charge in [-0.05, 0) is 24.1 Å². The Hall–Kier alpha value is -2.01. The number of methoxy groups -OCH3 is 2. The van der Waals surface area contributed by atoms with Crippen LogP contribution in [0, 0.1) is 6.92 Å². The third kappa shape index (κ3) is 3.42. The lowest BCUT2D eigenvalue weighted by Crippen LogP contribution is -2.01. The molecule has 4 nitrogen and oxygen atoms in total. The van der Waals surface area contributed by atoms with Crippen LogP contribution in [0.4, 0.5) is 0 Å². The zero-order valence-electron chi connectivity index (χ0n) is 12.7. The van der Waals surface area contributed by atoms with Gasteiger partial charge in [0.2, 0.25) is 0 Å². The smallest absolute Gasteiger partial charge is 0.157 e. The van der Waals surface area contributed by atoms with E-state index in [-0.39, 0.29) is 0 Å². The molecule has 0 amide bonds. The lowest BCUT2D eigenvalue weighted by atomic mass is 10.1. The van der Waals surface area contributed by atoms with Crippen LogP contribution in [0.25, 0.3) is 0 Å². The summed E-state index contributed by atoms with van der Waals surface area (Å²) in [5.74, 6) is 1.43. The van der Waals surface area contributed by atoms with E-state index in [0.717, 1.165) is 15.6 Å². The molecule has 0 heterocycles. The first-order valence-electron chi connectivity index (χ1n) is 6.68. The van der Waals surface area contributed by atoms with Gasteiger partial charge in [0, 0.05) is 16.6 Å². The molecule has 0 spiro atoms. The second kappa shape index (κ2) is 7.31. The van der Waals surface area contributed by atoms with Crippen LogP contribution >= 0.6 is 15.9 Å². The molecule has 0 unspecified atom stereocenters. The lowest BCUT2D eigenvalue weighted by molar-refractivity contribution is 0.111. The van der Waals surface area contributed by atoms with E-state index in [0.29, 0.717) is 35.7 Å². The van der Waals surface area contributed by atoms with Crippen molar-refractivity contribution in [2.75, 3.05) is 14.2 Å². The Morgan fingerprint density at radius 1 is 1.14 bits per heavy atom. The second-order valence-corrected chi connectivity index (χ2v) is 5.53. The molecule has 5 heteroatoms. The topological polar surface area (TPSA) is 44.8 Å². The number of benzene rings is 2. The zero-order chi connectivity index (χ0) is 16.1. The van der Waals surface area contributed by atoms with Crippen LogP contribution in [0.1, 0.15) is 21.5 Å². The SMILES string of the molecule is COc1cc(OCc2cccc(Br)c2C)cc(OC)c1C=O. The van der Waals surface area contributed by atoms with Gasteiger partial charge in [-0.25, -0.2) is 0 Å². The summed E-state index contributed by atoms with van der Waals surface area (Å²) in [6, 6.07) is 9.32. The average molecular weight is 365 g/mol. The molecule has 0 saturated carbocycles. The van der Waals surface area contributed by atoms with Crippen molar-refractivity contribution in [2.45, 2.75) is 13.5 Å². The summed E-state index contributed by atoms with van der Waals surface area (Å²) in [5, 5.41) is 0. The van der Waals surface area contributed by atoms with Crippen molar-refractivity contribution in [1.29, 1.82) is 0 Å². The van der Waals surface area contributed by atoms with Crippen LogP contribution in [-0.2, 0) is 6.61 Å². The summed E-state index contributed by atoms with van der Waals surface area (Å²) in [4.78, 5) is 11.1. The van der Waals surface area contributed by atoms with Gasteiger partial charge >= 0.3 is 0 Å². The Morgan fingerprint density at radius 2 is 1.77 bits per heavy atom. The fraction of sp³-hybridized carbons (Fsp3) is 0.235. The van der Waals surface area contributed by atoms with Gasteiger partial charge in [0.25, 0.3) is 0 Å². The van der Waals surface area contributed by atoms with Crippen molar-refractivity contribution in [3.05, 3.63) is 51.5 Å². The molecule has 0 aliphatic carbocycles. The average Bonchev–Trinajstić information content (AvgIpc) is 2.55. The first kappa shape index (κ1) is 16.4. The molecule has 2 rings (SSSR count). The van der Waals surface area contributed by atoms with E-state index < -0.39 is 0 Å². The van der Waals surface area contributed by atoms with Gasteiger partial charge in [-0.15, -0.1) is 0 Å². The largest absolute Gasteiger partial charge is 0.496 e. The van der Waals surface area contributed by atoms with E-state index in [1.165, 1.54) is 14.2 Å². The molecule has 0 N–H and O–H groups in total. The summed E-state index contributed by atoms with van der Waals surface area (Å²) in [5.41, 5.74) is 2.58. The van der Waals surface area contributed by atoms with Crippen LogP contribution < -0.4 is 14.2 Å². The molecule has 0 atom stereocenters. The number of aldehydes is 1. The molecule has 0 fully saturated rings. The lowest BCUT2D eigenvalue weighted by Gasteiger charge is -2.14. The number of hydrogen-bond donors (Lipinski definition) is 0. The number of hydrogen-bond acceptors (Lipinski definition) is 4. The van der Waals surface area contributed by atoms with E-state index in [9.17, 15) is 4.79 Å². The highest BCUT2D eigenvalue weighted by Gasteiger charge is 2.13. The monoisotopic (exact) mass is 364 g/mol. The fourth-order valence-corrected chi connectivity index (χ4v) is 2.49. The first-order chi connectivity index (χ1) is 10.6. The highest BCUT2D eigenvalue weighted by Crippen LogP contribution is 2.33. The number of ether oxygens (including phenoxy) is 3. The van der Waals surface area contributed by atoms with Crippen molar-refractivity contribution in [3.63, 3.8) is 0 Å². The minimum Gasteiger partial charge on any atom is -0.496 e. The number of halogens is 1. The first-order valence-corrected chi connectivity index (χ1v) is 7.48. The van der Waals surface area contributed by atoms with Crippen LogP contribution in [0.3, 0.4) is 0 Å². The van der Waals surface area contributed by atoms with E-state index in [1.54, 1.807) is 12.1 Å². The van der Waals surface area contributed by atoms with Gasteiger partial charge in [0.1, 0.15) is 23.9 Å². The van der Waals surface area contributed by atoms with Gasteiger partial charge in [0.05, 0.1) is 19.8 Å². The van der Waals surface area contributed by atoms with Crippen LogP contribution in [-0.4, -0.2) is 20.5 Å². The molecule has 0 aromatic heterocycles. The number of carbonyl (C=O) groups is 1. The number of rotatable bonds is 6. The minimum absolute atomic E-state index is 0.371. The van der Waals surface area contributed by atoms with Gasteiger partial charge in [-0.1, -0.05) is 28.1 Å². The van der Waals surface area contributed by atoms with Crippen molar-refractivity contribution < 1.29 is 19.0 Å². The molecule has 2 aromatic carbocycles. The Bertz CT molecular complexity index is 657. The maximum absolute atomic E-state index is 11.1. The molecular formula is C17H17BrO4. The number of carbonyl (C=O) groups excluding carboxylic acids is 1. The van der Waals surface area contributed by atoms with Crippen molar-refractivity contribution >= 4 is 22.2 Å². The van der Waals surface area contributed by atoms with Crippen molar-refractivity contribution in [1.82, 2.24) is 0 Å². The van der Waals surface area contributed by atoms with E-state index >= 15 is 0 Å². The molecule has 0 aliphatic heterocycles. The van der Waals surface area contributed by atoms with Gasteiger partial charge in [-0.3, -0.25) is 4.79 Å². The Labute approximate surface area is 138 Å². The molecule has 116 valence electrons. The highest BCUT2D eigenvalue weighted by atomic mass is 79.9. The predicted octanol–water partition coefficient (Wildman–Crippen LogP) is 4.17. The van der Waals surface area contributed by atoms with Gasteiger partial charge in [0.15, 0.2) is 6.29 Å². The van der Waals surface area contributed by atoms with Gasteiger partial charge < -0.3 is 14.2 Å². The molecule has 0 radical (unpaired) electrons.